The average molecular weight is 365 g/mol. The Morgan fingerprint density at radius 2 is 2.22 bits per heavy atom. The number of anilines is 1. The zero-order chi connectivity index (χ0) is 16.2. The van der Waals surface area contributed by atoms with Gasteiger partial charge in [-0.2, -0.15) is 11.3 Å². The SMILES string of the molecule is COc1ccc(Cl)cc1NC(=O)Cc1csc(-c2ccsc2)n1. The van der Waals surface area contributed by atoms with Crippen molar-refractivity contribution in [2.24, 2.45) is 0 Å². The number of halogens is 1. The molecule has 0 radical (unpaired) electrons. The lowest BCUT2D eigenvalue weighted by Crippen LogP contribution is -2.15. The maximum absolute atomic E-state index is 12.2. The van der Waals surface area contributed by atoms with E-state index in [4.69, 9.17) is 16.3 Å². The molecule has 3 rings (SSSR count). The van der Waals surface area contributed by atoms with Crippen molar-refractivity contribution in [2.75, 3.05) is 12.4 Å². The summed E-state index contributed by atoms with van der Waals surface area (Å²) in [6.45, 7) is 0. The molecule has 1 amide bonds. The van der Waals surface area contributed by atoms with Crippen LogP contribution in [0.2, 0.25) is 5.02 Å². The largest absolute Gasteiger partial charge is 0.495 e. The molecule has 0 aliphatic rings. The average Bonchev–Trinajstić information content (AvgIpc) is 3.18. The Hall–Kier alpha value is -1.89. The predicted molar refractivity (Wildman–Crippen MR) is 95.8 cm³/mol. The van der Waals surface area contributed by atoms with Crippen molar-refractivity contribution < 1.29 is 9.53 Å². The Balaban J connectivity index is 1.69. The molecule has 7 heteroatoms. The number of nitrogens with zero attached hydrogens (tertiary/aromatic N) is 1. The quantitative estimate of drug-likeness (QED) is 0.713. The summed E-state index contributed by atoms with van der Waals surface area (Å²) in [4.78, 5) is 16.7. The number of amides is 1. The lowest BCUT2D eigenvalue weighted by atomic mass is 10.2. The summed E-state index contributed by atoms with van der Waals surface area (Å²) >= 11 is 9.12. The topological polar surface area (TPSA) is 51.2 Å². The molecule has 0 bridgehead atoms. The highest BCUT2D eigenvalue weighted by Gasteiger charge is 2.12. The Morgan fingerprint density at radius 3 is 2.96 bits per heavy atom. The van der Waals surface area contributed by atoms with Gasteiger partial charge in [0, 0.05) is 21.3 Å². The second kappa shape index (κ2) is 7.12. The molecule has 2 aromatic heterocycles. The van der Waals surface area contributed by atoms with Gasteiger partial charge in [-0.05, 0) is 29.6 Å². The van der Waals surface area contributed by atoms with Gasteiger partial charge in [0.05, 0.1) is 24.9 Å². The number of carbonyl (C=O) groups excluding carboxylic acids is 1. The van der Waals surface area contributed by atoms with Crippen molar-refractivity contribution in [1.29, 1.82) is 0 Å². The van der Waals surface area contributed by atoms with E-state index in [1.165, 1.54) is 11.3 Å². The fourth-order valence-electron chi connectivity index (χ4n) is 2.04. The monoisotopic (exact) mass is 364 g/mol. The minimum Gasteiger partial charge on any atom is -0.495 e. The lowest BCUT2D eigenvalue weighted by molar-refractivity contribution is -0.115. The second-order valence-electron chi connectivity index (χ2n) is 4.73. The van der Waals surface area contributed by atoms with E-state index in [2.05, 4.69) is 10.3 Å². The van der Waals surface area contributed by atoms with Crippen LogP contribution in [0.1, 0.15) is 5.69 Å². The van der Waals surface area contributed by atoms with Gasteiger partial charge in [-0.15, -0.1) is 11.3 Å². The molecule has 0 saturated carbocycles. The first-order valence-corrected chi connectivity index (χ1v) is 8.96. The highest BCUT2D eigenvalue weighted by Crippen LogP contribution is 2.28. The number of thiophene rings is 1. The Morgan fingerprint density at radius 1 is 1.35 bits per heavy atom. The smallest absolute Gasteiger partial charge is 0.230 e. The van der Waals surface area contributed by atoms with Crippen LogP contribution >= 0.6 is 34.3 Å². The fraction of sp³-hybridized carbons (Fsp3) is 0.125. The van der Waals surface area contributed by atoms with E-state index in [9.17, 15) is 4.79 Å². The first kappa shape index (κ1) is 16.0. The Labute approximate surface area is 146 Å². The van der Waals surface area contributed by atoms with E-state index in [-0.39, 0.29) is 12.3 Å². The molecule has 3 aromatic rings. The molecule has 0 unspecified atom stereocenters. The summed E-state index contributed by atoms with van der Waals surface area (Å²) in [5, 5.41) is 10.2. The van der Waals surface area contributed by atoms with Crippen LogP contribution in [0.15, 0.2) is 40.4 Å². The molecule has 0 atom stereocenters. The summed E-state index contributed by atoms with van der Waals surface area (Å²) in [5.74, 6) is 0.410. The summed E-state index contributed by atoms with van der Waals surface area (Å²) in [6, 6.07) is 7.11. The van der Waals surface area contributed by atoms with Gasteiger partial charge in [-0.1, -0.05) is 11.6 Å². The number of thiazole rings is 1. The number of hydrogen-bond acceptors (Lipinski definition) is 5. The number of hydrogen-bond donors (Lipinski definition) is 1. The molecule has 0 spiro atoms. The van der Waals surface area contributed by atoms with Gasteiger partial charge in [-0.25, -0.2) is 4.98 Å². The zero-order valence-electron chi connectivity index (χ0n) is 12.2. The van der Waals surface area contributed by atoms with Crippen LogP contribution in [0.4, 0.5) is 5.69 Å². The summed E-state index contributed by atoms with van der Waals surface area (Å²) < 4.78 is 5.22. The number of benzene rings is 1. The highest BCUT2D eigenvalue weighted by atomic mass is 35.5. The van der Waals surface area contributed by atoms with Crippen LogP contribution in [0, 0.1) is 0 Å². The maximum atomic E-state index is 12.2. The second-order valence-corrected chi connectivity index (χ2v) is 6.80. The van der Waals surface area contributed by atoms with Gasteiger partial charge < -0.3 is 10.1 Å². The molecule has 23 heavy (non-hydrogen) atoms. The normalized spacial score (nSPS) is 10.5. The molecule has 0 saturated heterocycles. The highest BCUT2D eigenvalue weighted by molar-refractivity contribution is 7.14. The number of methoxy groups -OCH3 is 1. The van der Waals surface area contributed by atoms with E-state index >= 15 is 0 Å². The number of ether oxygens (including phenoxy) is 1. The van der Waals surface area contributed by atoms with Crippen LogP contribution in [0.5, 0.6) is 5.75 Å². The molecular formula is C16H13ClN2O2S2. The van der Waals surface area contributed by atoms with Crippen LogP contribution in [-0.4, -0.2) is 18.0 Å². The van der Waals surface area contributed by atoms with E-state index in [1.807, 2.05) is 22.2 Å². The molecule has 0 fully saturated rings. The minimum absolute atomic E-state index is 0.160. The number of rotatable bonds is 5. The van der Waals surface area contributed by atoms with Gasteiger partial charge in [0.15, 0.2) is 0 Å². The number of nitrogens with one attached hydrogen (secondary N) is 1. The molecular weight excluding hydrogens is 352 g/mol. The van der Waals surface area contributed by atoms with Gasteiger partial charge in [-0.3, -0.25) is 4.79 Å². The summed E-state index contributed by atoms with van der Waals surface area (Å²) in [7, 11) is 1.55. The van der Waals surface area contributed by atoms with Crippen molar-refractivity contribution >= 4 is 45.9 Å². The van der Waals surface area contributed by atoms with Crippen molar-refractivity contribution in [3.8, 4) is 16.3 Å². The molecule has 1 N–H and O–H groups in total. The van der Waals surface area contributed by atoms with Crippen LogP contribution in [0.25, 0.3) is 10.6 Å². The van der Waals surface area contributed by atoms with E-state index < -0.39 is 0 Å². The predicted octanol–water partition coefficient (Wildman–Crippen LogP) is 4.71. The van der Waals surface area contributed by atoms with Crippen LogP contribution in [0.3, 0.4) is 0 Å². The standard InChI is InChI=1S/C16H13ClN2O2S2/c1-21-14-3-2-11(17)6-13(14)19-15(20)7-12-9-23-16(18-12)10-4-5-22-8-10/h2-6,8-9H,7H2,1H3,(H,19,20). The van der Waals surface area contributed by atoms with Crippen molar-refractivity contribution in [2.45, 2.75) is 6.42 Å². The van der Waals surface area contributed by atoms with Crippen molar-refractivity contribution in [1.82, 2.24) is 4.98 Å². The van der Waals surface area contributed by atoms with Gasteiger partial charge in [0.25, 0.3) is 0 Å². The first-order valence-electron chi connectivity index (χ1n) is 6.76. The van der Waals surface area contributed by atoms with Crippen molar-refractivity contribution in [3.63, 3.8) is 0 Å². The molecule has 1 aromatic carbocycles. The molecule has 4 nitrogen and oxygen atoms in total. The van der Waals surface area contributed by atoms with E-state index in [0.29, 0.717) is 16.5 Å². The zero-order valence-corrected chi connectivity index (χ0v) is 14.6. The van der Waals surface area contributed by atoms with Gasteiger partial charge in [0.2, 0.25) is 5.91 Å². The number of aromatic nitrogens is 1. The van der Waals surface area contributed by atoms with Crippen molar-refractivity contribution in [3.05, 3.63) is 51.1 Å². The van der Waals surface area contributed by atoms with Gasteiger partial charge >= 0.3 is 0 Å². The third-order valence-electron chi connectivity index (χ3n) is 3.10. The van der Waals surface area contributed by atoms with E-state index in [0.717, 1.165) is 16.3 Å². The third-order valence-corrected chi connectivity index (χ3v) is 4.96. The van der Waals surface area contributed by atoms with Crippen LogP contribution in [-0.2, 0) is 11.2 Å². The number of carbonyl (C=O) groups is 1. The molecule has 2 heterocycles. The fourth-order valence-corrected chi connectivity index (χ4v) is 3.75. The minimum atomic E-state index is -0.160. The lowest BCUT2D eigenvalue weighted by Gasteiger charge is -2.10. The first-order chi connectivity index (χ1) is 11.2. The van der Waals surface area contributed by atoms with Crippen LogP contribution < -0.4 is 10.1 Å². The Bertz CT molecular complexity index is 815. The molecule has 0 aliphatic heterocycles. The third kappa shape index (κ3) is 3.90. The van der Waals surface area contributed by atoms with Gasteiger partial charge in [0.1, 0.15) is 10.8 Å². The molecule has 118 valence electrons. The maximum Gasteiger partial charge on any atom is 0.230 e. The summed E-state index contributed by atoms with van der Waals surface area (Å²) in [5.41, 5.74) is 2.39. The Kier molecular flexibility index (Phi) is 4.95. The van der Waals surface area contributed by atoms with E-state index in [1.54, 1.807) is 36.6 Å². The summed E-state index contributed by atoms with van der Waals surface area (Å²) in [6.07, 6.45) is 0.205. The molecule has 0 aliphatic carbocycles.